The zero-order chi connectivity index (χ0) is 9.45. The topological polar surface area (TPSA) is 0 Å². The van der Waals surface area contributed by atoms with Crippen LogP contribution in [0.3, 0.4) is 0 Å². The van der Waals surface area contributed by atoms with E-state index in [1.165, 1.54) is 6.42 Å². The standard InChI is InChI=1S/C12H20/c1-5-8-11-12(4,9-6-2)10-7-3/h5-7H,1-3,8-11H2,4H3. The zero-order valence-electron chi connectivity index (χ0n) is 8.18. The van der Waals surface area contributed by atoms with Gasteiger partial charge in [0.1, 0.15) is 0 Å². The second-order valence-electron chi connectivity index (χ2n) is 3.62. The molecule has 0 saturated carbocycles. The van der Waals surface area contributed by atoms with Gasteiger partial charge in [-0.25, -0.2) is 0 Å². The first-order valence-electron chi connectivity index (χ1n) is 4.51. The lowest BCUT2D eigenvalue weighted by Crippen LogP contribution is -2.13. The van der Waals surface area contributed by atoms with E-state index in [0.717, 1.165) is 19.3 Å². The molecule has 0 saturated heterocycles. The van der Waals surface area contributed by atoms with Gasteiger partial charge < -0.3 is 0 Å². The molecule has 0 aliphatic heterocycles. The quantitative estimate of drug-likeness (QED) is 0.497. The van der Waals surface area contributed by atoms with Crippen molar-refractivity contribution in [3.63, 3.8) is 0 Å². The minimum atomic E-state index is 0.345. The maximum absolute atomic E-state index is 3.78. The highest BCUT2D eigenvalue weighted by Gasteiger charge is 2.19. The van der Waals surface area contributed by atoms with Crippen molar-refractivity contribution in [2.75, 3.05) is 0 Å². The summed E-state index contributed by atoms with van der Waals surface area (Å²) in [6.45, 7) is 13.6. The Hall–Kier alpha value is -0.780. The molecule has 0 aromatic heterocycles. The van der Waals surface area contributed by atoms with Crippen LogP contribution in [0.25, 0.3) is 0 Å². The summed E-state index contributed by atoms with van der Waals surface area (Å²) in [4.78, 5) is 0. The van der Waals surface area contributed by atoms with E-state index in [9.17, 15) is 0 Å². The lowest BCUT2D eigenvalue weighted by atomic mass is 9.79. The average Bonchev–Trinajstić information content (AvgIpc) is 2.02. The molecule has 0 aliphatic carbocycles. The van der Waals surface area contributed by atoms with Crippen LogP contribution in [0.1, 0.15) is 32.6 Å². The van der Waals surface area contributed by atoms with E-state index < -0.39 is 0 Å². The lowest BCUT2D eigenvalue weighted by molar-refractivity contribution is 0.307. The summed E-state index contributed by atoms with van der Waals surface area (Å²) in [5, 5.41) is 0. The summed E-state index contributed by atoms with van der Waals surface area (Å²) < 4.78 is 0. The minimum absolute atomic E-state index is 0.345. The molecule has 0 fully saturated rings. The van der Waals surface area contributed by atoms with Gasteiger partial charge in [-0.2, -0.15) is 0 Å². The van der Waals surface area contributed by atoms with Crippen molar-refractivity contribution in [1.29, 1.82) is 0 Å². The van der Waals surface area contributed by atoms with E-state index in [1.807, 2.05) is 18.2 Å². The van der Waals surface area contributed by atoms with Crippen LogP contribution in [0.2, 0.25) is 0 Å². The highest BCUT2D eigenvalue weighted by molar-refractivity contribution is 4.89. The predicted molar refractivity (Wildman–Crippen MR) is 57.2 cm³/mol. The first-order valence-corrected chi connectivity index (χ1v) is 4.51. The minimum Gasteiger partial charge on any atom is -0.103 e. The van der Waals surface area contributed by atoms with Crippen molar-refractivity contribution in [3.05, 3.63) is 38.0 Å². The Morgan fingerprint density at radius 1 is 1.00 bits per heavy atom. The summed E-state index contributed by atoms with van der Waals surface area (Å²) in [6, 6.07) is 0. The Morgan fingerprint density at radius 3 is 1.83 bits per heavy atom. The summed E-state index contributed by atoms with van der Waals surface area (Å²) in [7, 11) is 0. The molecule has 0 unspecified atom stereocenters. The van der Waals surface area contributed by atoms with Gasteiger partial charge in [-0.1, -0.05) is 25.2 Å². The summed E-state index contributed by atoms with van der Waals surface area (Å²) in [5.41, 5.74) is 0.345. The maximum atomic E-state index is 3.78. The third-order valence-corrected chi connectivity index (χ3v) is 2.23. The van der Waals surface area contributed by atoms with Gasteiger partial charge in [-0.3, -0.25) is 0 Å². The van der Waals surface area contributed by atoms with E-state index in [1.54, 1.807) is 0 Å². The predicted octanol–water partition coefficient (Wildman–Crippen LogP) is 4.11. The maximum Gasteiger partial charge on any atom is -0.0254 e. The number of hydrogen-bond acceptors (Lipinski definition) is 0. The van der Waals surface area contributed by atoms with Crippen molar-refractivity contribution in [2.24, 2.45) is 5.41 Å². The fourth-order valence-electron chi connectivity index (χ4n) is 1.43. The van der Waals surface area contributed by atoms with Crippen molar-refractivity contribution in [1.82, 2.24) is 0 Å². The molecule has 0 aromatic carbocycles. The molecule has 12 heavy (non-hydrogen) atoms. The van der Waals surface area contributed by atoms with Crippen molar-refractivity contribution >= 4 is 0 Å². The van der Waals surface area contributed by atoms with Crippen molar-refractivity contribution < 1.29 is 0 Å². The third kappa shape index (κ3) is 4.17. The van der Waals surface area contributed by atoms with E-state index in [0.29, 0.717) is 5.41 Å². The molecule has 0 spiro atoms. The van der Waals surface area contributed by atoms with Gasteiger partial charge >= 0.3 is 0 Å². The monoisotopic (exact) mass is 164 g/mol. The molecule has 0 aromatic rings. The SMILES string of the molecule is C=CCCC(C)(CC=C)CC=C. The normalized spacial score (nSPS) is 10.8. The Labute approximate surface area is 76.7 Å². The van der Waals surface area contributed by atoms with Crippen LogP contribution >= 0.6 is 0 Å². The Morgan fingerprint density at radius 2 is 1.50 bits per heavy atom. The van der Waals surface area contributed by atoms with Gasteiger partial charge in [0, 0.05) is 0 Å². The van der Waals surface area contributed by atoms with Crippen molar-refractivity contribution in [2.45, 2.75) is 32.6 Å². The third-order valence-electron chi connectivity index (χ3n) is 2.23. The van der Waals surface area contributed by atoms with Gasteiger partial charge in [0.15, 0.2) is 0 Å². The molecule has 68 valence electrons. The fourth-order valence-corrected chi connectivity index (χ4v) is 1.43. The Balaban J connectivity index is 4.04. The summed E-state index contributed by atoms with van der Waals surface area (Å²) in [6.07, 6.45) is 10.3. The highest BCUT2D eigenvalue weighted by Crippen LogP contribution is 2.32. The van der Waals surface area contributed by atoms with Crippen molar-refractivity contribution in [3.8, 4) is 0 Å². The lowest BCUT2D eigenvalue weighted by Gasteiger charge is -2.26. The molecule has 0 rings (SSSR count). The van der Waals surface area contributed by atoms with Gasteiger partial charge in [0.25, 0.3) is 0 Å². The van der Waals surface area contributed by atoms with Crippen LogP contribution in [-0.4, -0.2) is 0 Å². The van der Waals surface area contributed by atoms with Crippen LogP contribution in [0.15, 0.2) is 38.0 Å². The molecule has 0 amide bonds. The molecule has 0 radical (unpaired) electrons. The van der Waals surface area contributed by atoms with E-state index in [2.05, 4.69) is 26.7 Å². The van der Waals surface area contributed by atoms with Crippen LogP contribution < -0.4 is 0 Å². The van der Waals surface area contributed by atoms with Crippen LogP contribution in [0, 0.1) is 5.41 Å². The molecular weight excluding hydrogens is 144 g/mol. The molecule has 0 N–H and O–H groups in total. The fraction of sp³-hybridized carbons (Fsp3) is 0.500. The molecule has 0 heterocycles. The molecule has 0 bridgehead atoms. The van der Waals surface area contributed by atoms with Gasteiger partial charge in [-0.05, 0) is 31.1 Å². The summed E-state index contributed by atoms with van der Waals surface area (Å²) >= 11 is 0. The second-order valence-corrected chi connectivity index (χ2v) is 3.62. The molecular formula is C12H20. The first-order chi connectivity index (χ1) is 5.68. The van der Waals surface area contributed by atoms with E-state index in [-0.39, 0.29) is 0 Å². The second kappa shape index (κ2) is 5.82. The Kier molecular flexibility index (Phi) is 5.44. The molecule has 0 atom stereocenters. The number of rotatable bonds is 7. The largest absolute Gasteiger partial charge is 0.103 e. The van der Waals surface area contributed by atoms with Gasteiger partial charge in [-0.15, -0.1) is 19.7 Å². The van der Waals surface area contributed by atoms with Crippen LogP contribution in [-0.2, 0) is 0 Å². The average molecular weight is 164 g/mol. The Bertz CT molecular complexity index is 143. The van der Waals surface area contributed by atoms with Crippen LogP contribution in [0.5, 0.6) is 0 Å². The highest BCUT2D eigenvalue weighted by atomic mass is 14.2. The first kappa shape index (κ1) is 11.2. The van der Waals surface area contributed by atoms with E-state index in [4.69, 9.17) is 0 Å². The molecule has 0 aliphatic rings. The number of allylic oxidation sites excluding steroid dienone is 3. The van der Waals surface area contributed by atoms with Crippen LogP contribution in [0.4, 0.5) is 0 Å². The van der Waals surface area contributed by atoms with Gasteiger partial charge in [0.2, 0.25) is 0 Å². The smallest absolute Gasteiger partial charge is 0.0254 e. The van der Waals surface area contributed by atoms with E-state index >= 15 is 0 Å². The zero-order valence-corrected chi connectivity index (χ0v) is 8.18. The molecule has 0 heteroatoms. The van der Waals surface area contributed by atoms with Gasteiger partial charge in [0.05, 0.1) is 0 Å². The summed E-state index contributed by atoms with van der Waals surface area (Å²) in [5.74, 6) is 0. The number of hydrogen-bond donors (Lipinski definition) is 0. The molecule has 0 nitrogen and oxygen atoms in total.